The minimum absolute atomic E-state index is 0.0616. The van der Waals surface area contributed by atoms with Crippen LogP contribution in [0, 0.1) is 5.92 Å². The van der Waals surface area contributed by atoms with Crippen LogP contribution >= 0.6 is 0 Å². The third-order valence-electron chi connectivity index (χ3n) is 2.92. The Labute approximate surface area is 88.6 Å². The van der Waals surface area contributed by atoms with Gasteiger partial charge in [0.1, 0.15) is 5.82 Å². The fourth-order valence-electron chi connectivity index (χ4n) is 1.98. The Hall–Kier alpha value is -1.36. The zero-order valence-electron chi connectivity index (χ0n) is 8.81. The maximum Gasteiger partial charge on any atom is 0.228 e. The zero-order chi connectivity index (χ0) is 10.8. The van der Waals surface area contributed by atoms with Gasteiger partial charge in [0.2, 0.25) is 5.91 Å². The topological polar surface area (TPSA) is 72.9 Å². The van der Waals surface area contributed by atoms with E-state index in [1.807, 2.05) is 0 Å². The molecule has 1 aliphatic rings. The first-order valence-corrected chi connectivity index (χ1v) is 5.21. The van der Waals surface area contributed by atoms with Crippen LogP contribution in [0.25, 0.3) is 0 Å². The molecular weight excluding hydrogens is 192 g/mol. The molecular formula is C10H16N4O. The van der Waals surface area contributed by atoms with Crippen molar-refractivity contribution in [3.63, 3.8) is 0 Å². The maximum atomic E-state index is 11.8. The molecule has 1 amide bonds. The van der Waals surface area contributed by atoms with E-state index in [0.29, 0.717) is 0 Å². The molecule has 1 heterocycles. The number of hydrogen-bond donors (Lipinski definition) is 2. The van der Waals surface area contributed by atoms with Gasteiger partial charge < -0.3 is 11.1 Å². The Morgan fingerprint density at radius 2 is 2.47 bits per heavy atom. The second kappa shape index (κ2) is 4.02. The molecule has 0 bridgehead atoms. The third kappa shape index (κ3) is 2.18. The van der Waals surface area contributed by atoms with Gasteiger partial charge in [-0.25, -0.2) is 0 Å². The molecule has 1 aromatic rings. The predicted molar refractivity (Wildman–Crippen MR) is 57.2 cm³/mol. The van der Waals surface area contributed by atoms with Gasteiger partial charge in [-0.2, -0.15) is 5.10 Å². The van der Waals surface area contributed by atoms with Gasteiger partial charge in [0, 0.05) is 25.1 Å². The molecule has 0 aliphatic heterocycles. The van der Waals surface area contributed by atoms with Gasteiger partial charge in [0.15, 0.2) is 0 Å². The lowest BCUT2D eigenvalue weighted by molar-refractivity contribution is -0.119. The summed E-state index contributed by atoms with van der Waals surface area (Å²) in [6.07, 6.45) is 4.30. The number of carbonyl (C=O) groups excluding carboxylic acids is 1. The molecule has 5 nitrogen and oxygen atoms in total. The summed E-state index contributed by atoms with van der Waals surface area (Å²) in [6.45, 7) is 0. The van der Waals surface area contributed by atoms with E-state index in [1.165, 1.54) is 0 Å². The first kappa shape index (κ1) is 10.2. The van der Waals surface area contributed by atoms with Gasteiger partial charge in [-0.1, -0.05) is 0 Å². The lowest BCUT2D eigenvalue weighted by Crippen LogP contribution is -2.24. The third-order valence-corrected chi connectivity index (χ3v) is 2.92. The molecule has 2 atom stereocenters. The van der Waals surface area contributed by atoms with Gasteiger partial charge in [-0.15, -0.1) is 0 Å². The molecule has 5 heteroatoms. The minimum atomic E-state index is 0.0616. The van der Waals surface area contributed by atoms with Gasteiger partial charge in [-0.3, -0.25) is 9.48 Å². The van der Waals surface area contributed by atoms with Crippen molar-refractivity contribution in [3.05, 3.63) is 12.3 Å². The SMILES string of the molecule is Cn1nccc1NC(=O)C1CCC(N)C1. The Bertz CT molecular complexity index is 360. The molecule has 1 aromatic heterocycles. The summed E-state index contributed by atoms with van der Waals surface area (Å²) in [7, 11) is 1.80. The first-order valence-electron chi connectivity index (χ1n) is 5.21. The molecule has 1 fully saturated rings. The van der Waals surface area contributed by atoms with E-state index in [-0.39, 0.29) is 17.9 Å². The molecule has 0 spiro atoms. The largest absolute Gasteiger partial charge is 0.328 e. The van der Waals surface area contributed by atoms with Crippen LogP contribution in [0.5, 0.6) is 0 Å². The highest BCUT2D eigenvalue weighted by Gasteiger charge is 2.27. The molecule has 2 rings (SSSR count). The molecule has 0 radical (unpaired) electrons. The van der Waals surface area contributed by atoms with E-state index in [4.69, 9.17) is 5.73 Å². The quantitative estimate of drug-likeness (QED) is 0.742. The Kier molecular flexibility index (Phi) is 2.73. The molecule has 0 aromatic carbocycles. The van der Waals surface area contributed by atoms with Crippen molar-refractivity contribution in [2.75, 3.05) is 5.32 Å². The number of nitrogens with one attached hydrogen (secondary N) is 1. The summed E-state index contributed by atoms with van der Waals surface area (Å²) < 4.78 is 1.65. The predicted octanol–water partition coefficient (Wildman–Crippen LogP) is 0.486. The average molecular weight is 208 g/mol. The molecule has 15 heavy (non-hydrogen) atoms. The van der Waals surface area contributed by atoms with Gasteiger partial charge in [0.25, 0.3) is 0 Å². The van der Waals surface area contributed by atoms with Crippen LogP contribution in [0.1, 0.15) is 19.3 Å². The second-order valence-corrected chi connectivity index (χ2v) is 4.10. The van der Waals surface area contributed by atoms with Crippen molar-refractivity contribution in [2.24, 2.45) is 18.7 Å². The number of hydrogen-bond acceptors (Lipinski definition) is 3. The zero-order valence-corrected chi connectivity index (χ0v) is 8.81. The average Bonchev–Trinajstić information content (AvgIpc) is 2.77. The maximum absolute atomic E-state index is 11.8. The van der Waals surface area contributed by atoms with Crippen LogP contribution < -0.4 is 11.1 Å². The van der Waals surface area contributed by atoms with E-state index < -0.39 is 0 Å². The van der Waals surface area contributed by atoms with Crippen molar-refractivity contribution >= 4 is 11.7 Å². The molecule has 2 unspecified atom stereocenters. The van der Waals surface area contributed by atoms with Crippen molar-refractivity contribution in [3.8, 4) is 0 Å². The normalized spacial score (nSPS) is 25.5. The van der Waals surface area contributed by atoms with Crippen LogP contribution in [0.15, 0.2) is 12.3 Å². The first-order chi connectivity index (χ1) is 7.16. The van der Waals surface area contributed by atoms with Gasteiger partial charge >= 0.3 is 0 Å². The highest BCUT2D eigenvalue weighted by Crippen LogP contribution is 2.25. The second-order valence-electron chi connectivity index (χ2n) is 4.10. The van der Waals surface area contributed by atoms with E-state index in [9.17, 15) is 4.79 Å². The summed E-state index contributed by atoms with van der Waals surface area (Å²) in [5, 5.41) is 6.85. The van der Waals surface area contributed by atoms with Crippen LogP contribution in [-0.4, -0.2) is 21.7 Å². The molecule has 82 valence electrons. The molecule has 1 saturated carbocycles. The summed E-state index contributed by atoms with van der Waals surface area (Å²) in [5.74, 6) is 0.863. The van der Waals surface area contributed by atoms with E-state index in [2.05, 4.69) is 10.4 Å². The number of amides is 1. The van der Waals surface area contributed by atoms with Crippen molar-refractivity contribution in [1.82, 2.24) is 9.78 Å². The van der Waals surface area contributed by atoms with Crippen molar-refractivity contribution in [2.45, 2.75) is 25.3 Å². The number of nitrogens with two attached hydrogens (primary N) is 1. The van der Waals surface area contributed by atoms with Crippen LogP contribution in [0.2, 0.25) is 0 Å². The Morgan fingerprint density at radius 3 is 3.00 bits per heavy atom. The van der Waals surface area contributed by atoms with Crippen molar-refractivity contribution < 1.29 is 4.79 Å². The minimum Gasteiger partial charge on any atom is -0.328 e. The Morgan fingerprint density at radius 1 is 1.67 bits per heavy atom. The van der Waals surface area contributed by atoms with Crippen molar-refractivity contribution in [1.29, 1.82) is 0 Å². The van der Waals surface area contributed by atoms with E-state index >= 15 is 0 Å². The number of nitrogens with zero attached hydrogens (tertiary/aromatic N) is 2. The van der Waals surface area contributed by atoms with Crippen LogP contribution in [-0.2, 0) is 11.8 Å². The van der Waals surface area contributed by atoms with Crippen LogP contribution in [0.3, 0.4) is 0 Å². The summed E-state index contributed by atoms with van der Waals surface area (Å²) in [5.41, 5.74) is 5.77. The number of anilines is 1. The van der Waals surface area contributed by atoms with Gasteiger partial charge in [-0.05, 0) is 19.3 Å². The highest BCUT2D eigenvalue weighted by molar-refractivity contribution is 5.91. The summed E-state index contributed by atoms with van der Waals surface area (Å²) >= 11 is 0. The molecule has 3 N–H and O–H groups in total. The summed E-state index contributed by atoms with van der Waals surface area (Å²) in [4.78, 5) is 11.8. The fourth-order valence-corrected chi connectivity index (χ4v) is 1.98. The fraction of sp³-hybridized carbons (Fsp3) is 0.600. The number of aryl methyl sites for hydroxylation is 1. The van der Waals surface area contributed by atoms with Crippen LogP contribution in [0.4, 0.5) is 5.82 Å². The standard InChI is InChI=1S/C10H16N4O/c1-14-9(4-5-12-14)13-10(15)7-2-3-8(11)6-7/h4-5,7-8H,2-3,6,11H2,1H3,(H,13,15). The monoisotopic (exact) mass is 208 g/mol. The number of aromatic nitrogens is 2. The number of rotatable bonds is 2. The lowest BCUT2D eigenvalue weighted by Gasteiger charge is -2.10. The highest BCUT2D eigenvalue weighted by atomic mass is 16.2. The number of carbonyl (C=O) groups is 1. The molecule has 1 aliphatic carbocycles. The van der Waals surface area contributed by atoms with Gasteiger partial charge in [0.05, 0.1) is 6.20 Å². The Balaban J connectivity index is 1.95. The lowest BCUT2D eigenvalue weighted by atomic mass is 10.1. The smallest absolute Gasteiger partial charge is 0.228 e. The summed E-state index contributed by atoms with van der Waals surface area (Å²) in [6, 6.07) is 1.97. The molecule has 0 saturated heterocycles. The van der Waals surface area contributed by atoms with E-state index in [1.54, 1.807) is 24.0 Å². The van der Waals surface area contributed by atoms with E-state index in [0.717, 1.165) is 25.1 Å².